The quantitative estimate of drug-likeness (QED) is 0.757. The van der Waals surface area contributed by atoms with Crippen molar-refractivity contribution in [3.63, 3.8) is 0 Å². The van der Waals surface area contributed by atoms with E-state index in [1.807, 2.05) is 37.3 Å². The predicted molar refractivity (Wildman–Crippen MR) is 76.0 cm³/mol. The van der Waals surface area contributed by atoms with Crippen LogP contribution in [0.1, 0.15) is 32.6 Å². The van der Waals surface area contributed by atoms with E-state index in [4.69, 9.17) is 0 Å². The van der Waals surface area contributed by atoms with E-state index in [-0.39, 0.29) is 5.78 Å². The van der Waals surface area contributed by atoms with Crippen LogP contribution in [0.3, 0.4) is 0 Å². The summed E-state index contributed by atoms with van der Waals surface area (Å²) < 4.78 is 0.982. The number of aryl methyl sites for hydroxylation is 1. The van der Waals surface area contributed by atoms with Gasteiger partial charge in [-0.2, -0.15) is 0 Å². The maximum absolute atomic E-state index is 12.3. The summed E-state index contributed by atoms with van der Waals surface area (Å²) in [5.41, 5.74) is 1.79. The fourth-order valence-corrected chi connectivity index (χ4v) is 2.94. The zero-order valence-corrected chi connectivity index (χ0v) is 12.2. The average Bonchev–Trinajstić information content (AvgIpc) is 2.80. The number of hydrogen-bond donors (Lipinski definition) is 0. The van der Waals surface area contributed by atoms with Crippen LogP contribution < -0.4 is 0 Å². The van der Waals surface area contributed by atoms with Gasteiger partial charge in [-0.1, -0.05) is 35.0 Å². The van der Waals surface area contributed by atoms with Gasteiger partial charge < -0.3 is 0 Å². The number of carbonyl (C=O) groups is 1. The Bertz CT molecular complexity index is 557. The van der Waals surface area contributed by atoms with Gasteiger partial charge >= 0.3 is 0 Å². The van der Waals surface area contributed by atoms with Gasteiger partial charge in [0.1, 0.15) is 0 Å². The van der Waals surface area contributed by atoms with Crippen LogP contribution in [0.5, 0.6) is 0 Å². The molecule has 1 heterocycles. The summed E-state index contributed by atoms with van der Waals surface area (Å²) in [4.78, 5) is 14.4. The van der Waals surface area contributed by atoms with Crippen molar-refractivity contribution in [1.82, 2.24) is 0 Å². The average molecular weight is 309 g/mol. The van der Waals surface area contributed by atoms with E-state index in [1.54, 1.807) is 11.3 Å². The fraction of sp³-hybridized carbons (Fsp3) is 0.214. The molecule has 1 nitrogen and oxygen atoms in total. The largest absolute Gasteiger partial charge is 0.288 e. The monoisotopic (exact) mass is 308 g/mol. The molecule has 88 valence electrons. The number of carbonyl (C=O) groups excluding carboxylic acids is 1. The van der Waals surface area contributed by atoms with E-state index in [9.17, 15) is 4.79 Å². The van der Waals surface area contributed by atoms with Gasteiger partial charge in [0.05, 0.1) is 4.88 Å². The minimum absolute atomic E-state index is 0.119. The first-order valence-corrected chi connectivity index (χ1v) is 7.13. The lowest BCUT2D eigenvalue weighted by atomic mass is 10.0. The Morgan fingerprint density at radius 3 is 2.71 bits per heavy atom. The first-order chi connectivity index (χ1) is 8.13. The summed E-state index contributed by atoms with van der Waals surface area (Å²) in [5, 5.41) is 0. The number of rotatable bonds is 3. The third kappa shape index (κ3) is 2.50. The predicted octanol–water partition coefficient (Wildman–Crippen LogP) is 4.61. The summed E-state index contributed by atoms with van der Waals surface area (Å²) in [6.07, 6.45) is 0.982. The Balaban J connectivity index is 2.40. The second-order valence-corrected chi connectivity index (χ2v) is 5.88. The zero-order valence-electron chi connectivity index (χ0n) is 9.79. The van der Waals surface area contributed by atoms with Crippen LogP contribution in [0.15, 0.2) is 34.8 Å². The molecular weight excluding hydrogens is 296 g/mol. The van der Waals surface area contributed by atoms with Crippen LogP contribution >= 0.6 is 27.3 Å². The first kappa shape index (κ1) is 12.5. The molecule has 17 heavy (non-hydrogen) atoms. The molecule has 0 amide bonds. The summed E-state index contributed by atoms with van der Waals surface area (Å²) in [6.45, 7) is 4.07. The fourth-order valence-electron chi connectivity index (χ4n) is 1.68. The molecule has 0 spiro atoms. The Labute approximate surface area is 114 Å². The molecule has 0 aliphatic carbocycles. The van der Waals surface area contributed by atoms with Gasteiger partial charge in [-0.25, -0.2) is 0 Å². The number of halogens is 1. The highest BCUT2D eigenvalue weighted by Crippen LogP contribution is 2.25. The number of benzene rings is 1. The second-order valence-electron chi connectivity index (χ2n) is 3.86. The lowest BCUT2D eigenvalue weighted by Crippen LogP contribution is -2.01. The van der Waals surface area contributed by atoms with Crippen molar-refractivity contribution in [3.8, 4) is 0 Å². The van der Waals surface area contributed by atoms with Crippen LogP contribution in [-0.4, -0.2) is 5.78 Å². The van der Waals surface area contributed by atoms with E-state index < -0.39 is 0 Å². The van der Waals surface area contributed by atoms with Crippen LogP contribution in [0, 0.1) is 6.92 Å². The van der Waals surface area contributed by atoms with E-state index in [2.05, 4.69) is 22.9 Å². The van der Waals surface area contributed by atoms with E-state index in [0.717, 1.165) is 26.9 Å². The van der Waals surface area contributed by atoms with Crippen LogP contribution in [0.4, 0.5) is 0 Å². The molecular formula is C14H13BrOS. The highest BCUT2D eigenvalue weighted by Gasteiger charge is 2.14. The number of hydrogen-bond acceptors (Lipinski definition) is 2. The Hall–Kier alpha value is -0.930. The highest BCUT2D eigenvalue weighted by molar-refractivity contribution is 9.10. The van der Waals surface area contributed by atoms with E-state index in [1.165, 1.54) is 4.88 Å². The van der Waals surface area contributed by atoms with Crippen LogP contribution in [-0.2, 0) is 6.42 Å². The second kappa shape index (κ2) is 5.15. The summed E-state index contributed by atoms with van der Waals surface area (Å²) >= 11 is 5.04. The van der Waals surface area contributed by atoms with Crippen molar-refractivity contribution in [2.24, 2.45) is 0 Å². The molecule has 0 atom stereocenters. The zero-order chi connectivity index (χ0) is 12.4. The highest BCUT2D eigenvalue weighted by atomic mass is 79.9. The summed E-state index contributed by atoms with van der Waals surface area (Å²) in [6, 6.07) is 9.70. The number of thiophene rings is 1. The molecule has 0 radical (unpaired) electrons. The Kier molecular flexibility index (Phi) is 3.79. The molecule has 3 heteroatoms. The van der Waals surface area contributed by atoms with Gasteiger partial charge in [0.25, 0.3) is 0 Å². The topological polar surface area (TPSA) is 17.1 Å². The van der Waals surface area contributed by atoms with Gasteiger partial charge in [0.15, 0.2) is 0 Å². The maximum atomic E-state index is 12.3. The van der Waals surface area contributed by atoms with Crippen LogP contribution in [0.2, 0.25) is 0 Å². The van der Waals surface area contributed by atoms with Crippen molar-refractivity contribution in [1.29, 1.82) is 0 Å². The minimum Gasteiger partial charge on any atom is -0.288 e. The van der Waals surface area contributed by atoms with Gasteiger partial charge in [0.2, 0.25) is 5.78 Å². The molecule has 1 aromatic heterocycles. The van der Waals surface area contributed by atoms with Gasteiger partial charge in [-0.3, -0.25) is 4.79 Å². The van der Waals surface area contributed by atoms with Crippen LogP contribution in [0.25, 0.3) is 0 Å². The SMILES string of the molecule is CCc1ccc(C(=O)c2cccc(Br)c2C)s1. The molecule has 0 aliphatic heterocycles. The molecule has 0 fully saturated rings. The standard InChI is InChI=1S/C14H13BrOS/c1-3-10-7-8-13(17-10)14(16)11-5-4-6-12(15)9(11)2/h4-8H,3H2,1-2H3. The molecule has 0 aliphatic rings. The molecule has 2 rings (SSSR count). The van der Waals surface area contributed by atoms with Crippen molar-refractivity contribution >= 4 is 33.0 Å². The third-order valence-electron chi connectivity index (χ3n) is 2.75. The van der Waals surface area contributed by atoms with Gasteiger partial charge in [0, 0.05) is 14.9 Å². The van der Waals surface area contributed by atoms with Gasteiger partial charge in [-0.05, 0) is 37.1 Å². The molecule has 0 saturated carbocycles. The molecule has 0 unspecified atom stereocenters. The molecule has 2 aromatic rings. The van der Waals surface area contributed by atoms with E-state index in [0.29, 0.717) is 0 Å². The minimum atomic E-state index is 0.119. The Morgan fingerprint density at radius 2 is 2.06 bits per heavy atom. The summed E-state index contributed by atoms with van der Waals surface area (Å²) in [7, 11) is 0. The molecule has 0 N–H and O–H groups in total. The van der Waals surface area contributed by atoms with Crippen molar-refractivity contribution < 1.29 is 4.79 Å². The van der Waals surface area contributed by atoms with Crippen molar-refractivity contribution in [2.45, 2.75) is 20.3 Å². The normalized spacial score (nSPS) is 10.5. The molecule has 1 aromatic carbocycles. The van der Waals surface area contributed by atoms with Gasteiger partial charge in [-0.15, -0.1) is 11.3 Å². The summed E-state index contributed by atoms with van der Waals surface area (Å²) in [5.74, 6) is 0.119. The smallest absolute Gasteiger partial charge is 0.203 e. The first-order valence-electron chi connectivity index (χ1n) is 5.52. The lowest BCUT2D eigenvalue weighted by Gasteiger charge is -2.04. The van der Waals surface area contributed by atoms with E-state index >= 15 is 0 Å². The molecule has 0 bridgehead atoms. The lowest BCUT2D eigenvalue weighted by molar-refractivity contribution is 0.104. The molecule has 0 saturated heterocycles. The maximum Gasteiger partial charge on any atom is 0.203 e. The third-order valence-corrected chi connectivity index (χ3v) is 4.83. The Morgan fingerprint density at radius 1 is 1.29 bits per heavy atom. The number of ketones is 1. The van der Waals surface area contributed by atoms with Crippen molar-refractivity contribution in [3.05, 3.63) is 55.7 Å². The van der Waals surface area contributed by atoms with Crippen molar-refractivity contribution in [2.75, 3.05) is 0 Å².